The van der Waals surface area contributed by atoms with Crippen molar-refractivity contribution in [1.82, 2.24) is 4.90 Å². The van der Waals surface area contributed by atoms with E-state index in [1.807, 2.05) is 0 Å². The topological polar surface area (TPSA) is 80.5 Å². The van der Waals surface area contributed by atoms with Gasteiger partial charge in [-0.3, -0.25) is 19.7 Å². The van der Waals surface area contributed by atoms with Gasteiger partial charge < -0.3 is 4.90 Å². The predicted molar refractivity (Wildman–Crippen MR) is 61.4 cm³/mol. The van der Waals surface area contributed by atoms with E-state index in [0.29, 0.717) is 0 Å². The maximum atomic E-state index is 12.0. The number of likely N-dealkylation sites (N-methyl/N-ethyl adjacent to an activating group) is 1. The first kappa shape index (κ1) is 11.5. The first-order chi connectivity index (χ1) is 7.91. The van der Waals surface area contributed by atoms with Gasteiger partial charge in [0.2, 0.25) is 5.78 Å². The van der Waals surface area contributed by atoms with Crippen LogP contribution in [0.5, 0.6) is 0 Å². The molecule has 0 bridgehead atoms. The van der Waals surface area contributed by atoms with E-state index in [4.69, 9.17) is 0 Å². The van der Waals surface area contributed by atoms with Crippen LogP contribution in [-0.4, -0.2) is 35.5 Å². The summed E-state index contributed by atoms with van der Waals surface area (Å²) >= 11 is 0.736. The van der Waals surface area contributed by atoms with Crippen LogP contribution in [0.2, 0.25) is 0 Å². The minimum absolute atomic E-state index is 0.123. The number of nitro groups is 1. The van der Waals surface area contributed by atoms with E-state index in [9.17, 15) is 19.7 Å². The number of Topliss-reactive ketones (excluding diaryl/α,β-unsaturated/α-hetero) is 1. The van der Waals surface area contributed by atoms with Gasteiger partial charge in [0.15, 0.2) is 5.78 Å². The molecule has 1 aliphatic carbocycles. The molecule has 6 nitrogen and oxygen atoms in total. The lowest BCUT2D eigenvalue weighted by Crippen LogP contribution is -2.24. The van der Waals surface area contributed by atoms with Crippen LogP contribution in [0, 0.1) is 10.1 Å². The third-order valence-electron chi connectivity index (χ3n) is 2.35. The Labute approximate surface area is 100 Å². The minimum atomic E-state index is -0.598. The molecule has 0 radical (unpaired) electrons. The average molecular weight is 252 g/mol. The molecule has 0 aliphatic heterocycles. The zero-order chi connectivity index (χ0) is 12.7. The Morgan fingerprint density at radius 1 is 1.35 bits per heavy atom. The van der Waals surface area contributed by atoms with Crippen LogP contribution in [0.1, 0.15) is 20.0 Å². The number of hydrogen-bond acceptors (Lipinski definition) is 6. The highest BCUT2D eigenvalue weighted by atomic mass is 32.1. The quantitative estimate of drug-likeness (QED) is 0.588. The Morgan fingerprint density at radius 2 is 2.00 bits per heavy atom. The lowest BCUT2D eigenvalue weighted by molar-refractivity contribution is -0.380. The van der Waals surface area contributed by atoms with Gasteiger partial charge in [0.25, 0.3) is 0 Å². The highest BCUT2D eigenvalue weighted by Gasteiger charge is 2.31. The van der Waals surface area contributed by atoms with E-state index < -0.39 is 4.92 Å². The van der Waals surface area contributed by atoms with Gasteiger partial charge in [-0.2, -0.15) is 0 Å². The van der Waals surface area contributed by atoms with E-state index in [0.717, 1.165) is 17.4 Å². The predicted octanol–water partition coefficient (Wildman–Crippen LogP) is 1.48. The van der Waals surface area contributed by atoms with Crippen LogP contribution >= 0.6 is 11.3 Å². The molecule has 0 saturated heterocycles. The summed E-state index contributed by atoms with van der Waals surface area (Å²) in [4.78, 5) is 35.4. The van der Waals surface area contributed by atoms with Gasteiger partial charge in [0.1, 0.15) is 0 Å². The zero-order valence-electron chi connectivity index (χ0n) is 9.09. The van der Waals surface area contributed by atoms with Crippen molar-refractivity contribution in [2.75, 3.05) is 14.1 Å². The summed E-state index contributed by atoms with van der Waals surface area (Å²) in [7, 11) is 3.28. The van der Waals surface area contributed by atoms with Gasteiger partial charge in [-0.05, 0) is 0 Å². The molecule has 1 aliphatic rings. The first-order valence-corrected chi connectivity index (χ1v) is 5.49. The number of allylic oxidation sites excluding steroid dienone is 2. The lowest BCUT2D eigenvalue weighted by atomic mass is 10.00. The molecule has 2 rings (SSSR count). The summed E-state index contributed by atoms with van der Waals surface area (Å²) in [5, 5.41) is 10.4. The summed E-state index contributed by atoms with van der Waals surface area (Å²) in [6.07, 6.45) is 1.21. The van der Waals surface area contributed by atoms with Gasteiger partial charge in [-0.1, -0.05) is 11.3 Å². The Morgan fingerprint density at radius 3 is 2.53 bits per heavy atom. The average Bonchev–Trinajstić information content (AvgIpc) is 2.68. The molecule has 7 heteroatoms. The van der Waals surface area contributed by atoms with Crippen LogP contribution in [-0.2, 0) is 0 Å². The molecule has 0 atom stereocenters. The zero-order valence-corrected chi connectivity index (χ0v) is 9.91. The molecule has 0 fully saturated rings. The fourth-order valence-corrected chi connectivity index (χ4v) is 2.43. The van der Waals surface area contributed by atoms with Crippen LogP contribution < -0.4 is 0 Å². The molecule has 0 saturated carbocycles. The van der Waals surface area contributed by atoms with E-state index in [1.54, 1.807) is 14.1 Å². The Bertz CT molecular complexity index is 571. The first-order valence-electron chi connectivity index (χ1n) is 4.68. The molecule has 0 spiro atoms. The number of hydrogen-bond donors (Lipinski definition) is 0. The monoisotopic (exact) mass is 252 g/mol. The summed E-state index contributed by atoms with van der Waals surface area (Å²) in [5.41, 5.74) is 0.369. The van der Waals surface area contributed by atoms with Crippen LogP contribution in [0.15, 0.2) is 17.8 Å². The Hall–Kier alpha value is -2.02. The minimum Gasteiger partial charge on any atom is -0.374 e. The summed E-state index contributed by atoms with van der Waals surface area (Å²) in [5.74, 6) is -0.713. The fourth-order valence-electron chi connectivity index (χ4n) is 1.55. The van der Waals surface area contributed by atoms with Crippen molar-refractivity contribution in [1.29, 1.82) is 0 Å². The summed E-state index contributed by atoms with van der Waals surface area (Å²) < 4.78 is 0. The number of thiophene rings is 1. The van der Waals surface area contributed by atoms with Crippen molar-refractivity contribution in [2.45, 2.75) is 0 Å². The maximum absolute atomic E-state index is 12.0. The molecular weight excluding hydrogens is 244 g/mol. The molecule has 0 amide bonds. The third kappa shape index (κ3) is 1.74. The molecule has 17 heavy (non-hydrogen) atoms. The fraction of sp³-hybridized carbons (Fsp3) is 0.200. The van der Waals surface area contributed by atoms with E-state index in [2.05, 4.69) is 0 Å². The number of fused-ring (bicyclic) bond motifs is 1. The van der Waals surface area contributed by atoms with Crippen LogP contribution in [0.4, 0.5) is 5.00 Å². The molecule has 88 valence electrons. The second-order valence-electron chi connectivity index (χ2n) is 3.70. The summed E-state index contributed by atoms with van der Waals surface area (Å²) in [6, 6.07) is 1.16. The molecule has 1 aromatic heterocycles. The maximum Gasteiger partial charge on any atom is 0.325 e. The highest BCUT2D eigenvalue weighted by molar-refractivity contribution is 7.17. The van der Waals surface area contributed by atoms with Gasteiger partial charge in [-0.25, -0.2) is 0 Å². The molecule has 1 heterocycles. The number of nitrogens with zero attached hydrogens (tertiary/aromatic N) is 2. The molecule has 0 N–H and O–H groups in total. The van der Waals surface area contributed by atoms with Gasteiger partial charge in [-0.15, -0.1) is 0 Å². The highest BCUT2D eigenvalue weighted by Crippen LogP contribution is 2.34. The van der Waals surface area contributed by atoms with Crippen LogP contribution in [0.25, 0.3) is 0 Å². The van der Waals surface area contributed by atoms with Crippen molar-refractivity contribution in [3.63, 3.8) is 0 Å². The second-order valence-corrected chi connectivity index (χ2v) is 4.73. The number of carbonyl (C=O) groups is 2. The number of ketones is 2. The van der Waals surface area contributed by atoms with Crippen LogP contribution in [0.3, 0.4) is 0 Å². The van der Waals surface area contributed by atoms with Gasteiger partial charge in [0.05, 0.1) is 21.1 Å². The van der Waals surface area contributed by atoms with E-state index in [-0.39, 0.29) is 32.7 Å². The van der Waals surface area contributed by atoms with Gasteiger partial charge >= 0.3 is 5.00 Å². The van der Waals surface area contributed by atoms with Crippen molar-refractivity contribution in [3.05, 3.63) is 38.4 Å². The lowest BCUT2D eigenvalue weighted by Gasteiger charge is -2.18. The van der Waals surface area contributed by atoms with E-state index >= 15 is 0 Å². The van der Waals surface area contributed by atoms with E-state index in [1.165, 1.54) is 11.0 Å². The molecule has 1 aromatic rings. The Balaban J connectivity index is 2.56. The van der Waals surface area contributed by atoms with Crippen molar-refractivity contribution in [2.24, 2.45) is 0 Å². The second kappa shape index (κ2) is 3.77. The largest absolute Gasteiger partial charge is 0.374 e. The smallest absolute Gasteiger partial charge is 0.325 e. The molecule has 0 aromatic carbocycles. The standard InChI is InChI=1S/C10H8N2O4S/c1-11(2)6-4-7(13)10-5(9(6)14)3-8(17-10)12(15)16/h3-4H,1-2H3. The Kier molecular flexibility index (Phi) is 2.55. The molecular formula is C10H8N2O4S. The number of rotatable bonds is 2. The third-order valence-corrected chi connectivity index (χ3v) is 3.45. The SMILES string of the molecule is CN(C)C1=CC(=O)c2sc([N+](=O)[O-])cc2C1=O. The van der Waals surface area contributed by atoms with Crippen molar-refractivity contribution >= 4 is 27.9 Å². The normalized spacial score (nSPS) is 14.4. The van der Waals surface area contributed by atoms with Crippen molar-refractivity contribution in [3.8, 4) is 0 Å². The van der Waals surface area contributed by atoms with Gasteiger partial charge in [0, 0.05) is 26.2 Å². The summed E-state index contributed by atoms with van der Waals surface area (Å²) in [6.45, 7) is 0. The number of carbonyl (C=O) groups excluding carboxylic acids is 2. The molecule has 0 unspecified atom stereocenters. The van der Waals surface area contributed by atoms with Crippen molar-refractivity contribution < 1.29 is 14.5 Å².